The SMILES string of the molecule is CC1=C(c2ccccc2)P2C[C@]1(C)C(c1ccccc1)=C2C1=N[C@@H](C(C)C)CO1. The lowest BCUT2D eigenvalue weighted by Gasteiger charge is -2.31. The summed E-state index contributed by atoms with van der Waals surface area (Å²) in [6.07, 6.45) is 1.17. The summed E-state index contributed by atoms with van der Waals surface area (Å²) in [5.74, 6) is 1.42. The summed E-state index contributed by atoms with van der Waals surface area (Å²) in [6.45, 7) is 9.96. The van der Waals surface area contributed by atoms with Crippen molar-refractivity contribution in [1.82, 2.24) is 0 Å². The Bertz CT molecular complexity index is 1030. The van der Waals surface area contributed by atoms with Crippen molar-refractivity contribution < 1.29 is 4.74 Å². The summed E-state index contributed by atoms with van der Waals surface area (Å²) in [4.78, 5) is 5.08. The van der Waals surface area contributed by atoms with Gasteiger partial charge in [0, 0.05) is 10.7 Å². The van der Waals surface area contributed by atoms with Crippen molar-refractivity contribution in [3.05, 3.63) is 82.7 Å². The van der Waals surface area contributed by atoms with Crippen LogP contribution in [0.4, 0.5) is 0 Å². The molecule has 0 radical (unpaired) electrons. The van der Waals surface area contributed by atoms with Crippen LogP contribution >= 0.6 is 7.92 Å². The van der Waals surface area contributed by atoms with Crippen LogP contribution in [0.25, 0.3) is 10.9 Å². The van der Waals surface area contributed by atoms with Crippen LogP contribution in [0.2, 0.25) is 0 Å². The zero-order valence-corrected chi connectivity index (χ0v) is 18.5. The summed E-state index contributed by atoms with van der Waals surface area (Å²) >= 11 is 0. The van der Waals surface area contributed by atoms with Crippen LogP contribution in [0, 0.1) is 11.3 Å². The van der Waals surface area contributed by atoms with Crippen LogP contribution in [0.15, 0.2) is 76.5 Å². The van der Waals surface area contributed by atoms with Gasteiger partial charge in [0.2, 0.25) is 5.90 Å². The Kier molecular flexibility index (Phi) is 4.51. The van der Waals surface area contributed by atoms with E-state index in [4.69, 9.17) is 9.73 Å². The second-order valence-corrected chi connectivity index (χ2v) is 11.0. The molecular formula is C26H28NOP. The van der Waals surface area contributed by atoms with Gasteiger partial charge in [-0.1, -0.05) is 87.0 Å². The lowest BCUT2D eigenvalue weighted by atomic mass is 9.74. The van der Waals surface area contributed by atoms with Gasteiger partial charge in [-0.15, -0.1) is 0 Å². The molecule has 1 unspecified atom stereocenters. The largest absolute Gasteiger partial charge is 0.475 e. The minimum atomic E-state index is -0.469. The number of ether oxygens (including phenoxy) is 1. The van der Waals surface area contributed by atoms with Crippen LogP contribution in [-0.4, -0.2) is 24.7 Å². The second-order valence-electron chi connectivity index (χ2n) is 8.90. The average Bonchev–Trinajstić information content (AvgIpc) is 3.39. The van der Waals surface area contributed by atoms with Gasteiger partial charge in [-0.3, -0.25) is 0 Å². The van der Waals surface area contributed by atoms with E-state index in [0.29, 0.717) is 12.5 Å². The third kappa shape index (κ3) is 2.84. The number of fused-ring (bicyclic) bond motifs is 2. The molecule has 0 fully saturated rings. The minimum Gasteiger partial charge on any atom is -0.475 e. The number of hydrogen-bond acceptors (Lipinski definition) is 2. The Labute approximate surface area is 175 Å². The maximum atomic E-state index is 6.27. The van der Waals surface area contributed by atoms with E-state index >= 15 is 0 Å². The van der Waals surface area contributed by atoms with Crippen molar-refractivity contribution >= 4 is 24.7 Å². The van der Waals surface area contributed by atoms with E-state index in [1.807, 2.05) is 0 Å². The first-order chi connectivity index (χ1) is 14.0. The molecule has 2 aromatic carbocycles. The zero-order chi connectivity index (χ0) is 20.2. The van der Waals surface area contributed by atoms with Gasteiger partial charge in [-0.05, 0) is 48.9 Å². The maximum absolute atomic E-state index is 6.27. The molecule has 3 heteroatoms. The van der Waals surface area contributed by atoms with Crippen LogP contribution in [0.5, 0.6) is 0 Å². The molecule has 2 aromatic rings. The molecule has 0 N–H and O–H groups in total. The Hall–Kier alpha value is -2.18. The van der Waals surface area contributed by atoms with Gasteiger partial charge in [0.1, 0.15) is 6.61 Å². The first-order valence-corrected chi connectivity index (χ1v) is 12.1. The molecule has 0 amide bonds. The number of benzene rings is 2. The summed E-state index contributed by atoms with van der Waals surface area (Å²) < 4.78 is 6.27. The minimum absolute atomic E-state index is 0.0510. The standard InChI is InChI=1S/C26H28NOP/c1-17(2)21-15-28-25(27-21)24-22(19-11-7-5-8-12-19)26(4)16-29(24)23(18(26)3)20-13-9-6-10-14-20/h5-14,17,21H,15-16H2,1-4H3/t21-,26+,29?/m1/s1. The van der Waals surface area contributed by atoms with Gasteiger partial charge in [0.25, 0.3) is 0 Å². The number of allylic oxidation sites excluding steroid dienone is 2. The normalized spacial score (nSPS) is 28.4. The molecule has 2 bridgehead atoms. The molecule has 5 rings (SSSR count). The van der Waals surface area contributed by atoms with E-state index < -0.39 is 7.92 Å². The first-order valence-electron chi connectivity index (χ1n) is 10.6. The van der Waals surface area contributed by atoms with E-state index in [9.17, 15) is 0 Å². The Morgan fingerprint density at radius 1 is 0.966 bits per heavy atom. The van der Waals surface area contributed by atoms with Gasteiger partial charge in [-0.2, -0.15) is 0 Å². The summed E-state index contributed by atoms with van der Waals surface area (Å²) in [6, 6.07) is 22.1. The monoisotopic (exact) mass is 401 g/mol. The van der Waals surface area contributed by atoms with Crippen molar-refractivity contribution in [2.24, 2.45) is 16.3 Å². The van der Waals surface area contributed by atoms with Crippen molar-refractivity contribution in [3.8, 4) is 0 Å². The van der Waals surface area contributed by atoms with Crippen molar-refractivity contribution in [3.63, 3.8) is 0 Å². The van der Waals surface area contributed by atoms with Crippen LogP contribution in [0.3, 0.4) is 0 Å². The lowest BCUT2D eigenvalue weighted by Crippen LogP contribution is -2.20. The molecule has 0 saturated carbocycles. The first kappa shape index (κ1) is 18.8. The highest BCUT2D eigenvalue weighted by atomic mass is 31.1. The van der Waals surface area contributed by atoms with Crippen molar-refractivity contribution in [2.75, 3.05) is 12.8 Å². The van der Waals surface area contributed by atoms with E-state index in [2.05, 4.69) is 88.4 Å². The fraction of sp³-hybridized carbons (Fsp3) is 0.346. The molecule has 0 aliphatic carbocycles. The highest BCUT2D eigenvalue weighted by Gasteiger charge is 2.54. The molecule has 3 aliphatic rings. The van der Waals surface area contributed by atoms with Crippen LogP contribution < -0.4 is 0 Å². The smallest absolute Gasteiger partial charge is 0.217 e. The predicted molar refractivity (Wildman–Crippen MR) is 124 cm³/mol. The maximum Gasteiger partial charge on any atom is 0.217 e. The molecule has 0 spiro atoms. The van der Waals surface area contributed by atoms with Crippen LogP contribution in [0.1, 0.15) is 38.8 Å². The Morgan fingerprint density at radius 3 is 2.17 bits per heavy atom. The lowest BCUT2D eigenvalue weighted by molar-refractivity contribution is 0.292. The molecule has 148 valence electrons. The summed E-state index contributed by atoms with van der Waals surface area (Å²) in [5, 5.41) is 2.93. The van der Waals surface area contributed by atoms with Crippen LogP contribution in [-0.2, 0) is 4.74 Å². The third-order valence-corrected chi connectivity index (χ3v) is 9.78. The second kappa shape index (κ2) is 6.96. The molecule has 0 aromatic heterocycles. The van der Waals surface area contributed by atoms with Crippen molar-refractivity contribution in [2.45, 2.75) is 33.7 Å². The number of aliphatic imine (C=N–C) groups is 1. The molecule has 2 nitrogen and oxygen atoms in total. The van der Waals surface area contributed by atoms with Gasteiger partial charge in [0.05, 0.1) is 6.04 Å². The van der Waals surface area contributed by atoms with Gasteiger partial charge < -0.3 is 4.74 Å². The Morgan fingerprint density at radius 2 is 1.59 bits per heavy atom. The number of nitrogens with zero attached hydrogens (tertiary/aromatic N) is 1. The number of hydrogen-bond donors (Lipinski definition) is 0. The molecular weight excluding hydrogens is 373 g/mol. The van der Waals surface area contributed by atoms with E-state index in [0.717, 1.165) is 5.90 Å². The topological polar surface area (TPSA) is 21.6 Å². The van der Waals surface area contributed by atoms with E-state index in [1.165, 1.54) is 39.1 Å². The fourth-order valence-electron chi connectivity index (χ4n) is 4.94. The predicted octanol–water partition coefficient (Wildman–Crippen LogP) is 6.80. The number of rotatable bonds is 4. The molecule has 0 saturated heterocycles. The molecule has 3 aliphatic heterocycles. The van der Waals surface area contributed by atoms with E-state index in [-0.39, 0.29) is 11.5 Å². The van der Waals surface area contributed by atoms with Gasteiger partial charge in [0.15, 0.2) is 0 Å². The zero-order valence-electron chi connectivity index (χ0n) is 17.6. The quantitative estimate of drug-likeness (QED) is 0.517. The third-order valence-electron chi connectivity index (χ3n) is 6.74. The Balaban J connectivity index is 1.70. The molecule has 3 atom stereocenters. The average molecular weight is 401 g/mol. The highest BCUT2D eigenvalue weighted by Crippen LogP contribution is 2.78. The molecule has 3 heterocycles. The van der Waals surface area contributed by atoms with E-state index in [1.54, 1.807) is 0 Å². The summed E-state index contributed by atoms with van der Waals surface area (Å²) in [7, 11) is -0.469. The highest BCUT2D eigenvalue weighted by molar-refractivity contribution is 7.75. The summed E-state index contributed by atoms with van der Waals surface area (Å²) in [5.41, 5.74) is 5.71. The van der Waals surface area contributed by atoms with Gasteiger partial charge >= 0.3 is 0 Å². The fourth-order valence-corrected chi connectivity index (χ4v) is 8.62. The molecule has 29 heavy (non-hydrogen) atoms. The van der Waals surface area contributed by atoms with Gasteiger partial charge in [-0.25, -0.2) is 4.99 Å². The van der Waals surface area contributed by atoms with Crippen molar-refractivity contribution in [1.29, 1.82) is 0 Å².